The fraction of sp³-hybridized carbons (Fsp3) is 0.286. The van der Waals surface area contributed by atoms with Gasteiger partial charge in [-0.15, -0.1) is 0 Å². The first-order valence-corrected chi connectivity index (χ1v) is 8.67. The monoisotopic (exact) mass is 336 g/mol. The second kappa shape index (κ2) is 8.60. The highest BCUT2D eigenvalue weighted by Gasteiger charge is 2.13. The average Bonchev–Trinajstić information content (AvgIpc) is 2.66. The molecule has 1 heterocycles. The van der Waals surface area contributed by atoms with E-state index in [2.05, 4.69) is 28.9 Å². The van der Waals surface area contributed by atoms with Gasteiger partial charge in [-0.25, -0.2) is 0 Å². The molecule has 0 aliphatic heterocycles. The summed E-state index contributed by atoms with van der Waals surface area (Å²) >= 11 is 0. The van der Waals surface area contributed by atoms with Gasteiger partial charge in [0, 0.05) is 24.7 Å². The topological polar surface area (TPSA) is 45.6 Å². The summed E-state index contributed by atoms with van der Waals surface area (Å²) in [6.07, 6.45) is 1.24. The molecule has 0 fully saturated rings. The van der Waals surface area contributed by atoms with Gasteiger partial charge in [-0.3, -0.25) is 9.88 Å². The summed E-state index contributed by atoms with van der Waals surface area (Å²) in [5, 5.41) is 12.6. The van der Waals surface area contributed by atoms with Gasteiger partial charge in [-0.1, -0.05) is 49.4 Å². The smallest absolute Gasteiger partial charge is 0.127 e. The third-order valence-corrected chi connectivity index (χ3v) is 4.21. The molecule has 0 saturated heterocycles. The van der Waals surface area contributed by atoms with Crippen LogP contribution in [0.25, 0.3) is 10.8 Å². The van der Waals surface area contributed by atoms with Crippen LogP contribution in [0.5, 0.6) is 5.75 Å². The number of aliphatic hydroxyl groups excluding tert-OH is 1. The maximum absolute atomic E-state index is 10.4. The molecule has 1 unspecified atom stereocenters. The van der Waals surface area contributed by atoms with Crippen molar-refractivity contribution in [1.29, 1.82) is 0 Å². The van der Waals surface area contributed by atoms with E-state index >= 15 is 0 Å². The fourth-order valence-corrected chi connectivity index (χ4v) is 2.88. The van der Waals surface area contributed by atoms with Crippen molar-refractivity contribution in [2.24, 2.45) is 0 Å². The van der Waals surface area contributed by atoms with Gasteiger partial charge in [-0.05, 0) is 30.1 Å². The number of likely N-dealkylation sites (N-methyl/N-ethyl adjacent to an activating group) is 1. The molecule has 0 spiro atoms. The van der Waals surface area contributed by atoms with Crippen LogP contribution < -0.4 is 4.74 Å². The summed E-state index contributed by atoms with van der Waals surface area (Å²) in [5.41, 5.74) is 1.01. The van der Waals surface area contributed by atoms with Crippen molar-refractivity contribution in [2.45, 2.75) is 19.6 Å². The lowest BCUT2D eigenvalue weighted by Crippen LogP contribution is -2.35. The summed E-state index contributed by atoms with van der Waals surface area (Å²) in [5.74, 6) is 0.810. The van der Waals surface area contributed by atoms with Crippen LogP contribution in [0.2, 0.25) is 0 Å². The first-order valence-electron chi connectivity index (χ1n) is 8.67. The Morgan fingerprint density at radius 1 is 1.04 bits per heavy atom. The minimum atomic E-state index is -0.553. The van der Waals surface area contributed by atoms with Crippen LogP contribution in [0, 0.1) is 0 Å². The van der Waals surface area contributed by atoms with Gasteiger partial charge in [0.1, 0.15) is 18.5 Å². The third-order valence-electron chi connectivity index (χ3n) is 4.21. The molecular weight excluding hydrogens is 312 g/mol. The number of hydrogen-bond acceptors (Lipinski definition) is 4. The highest BCUT2D eigenvalue weighted by atomic mass is 16.5. The molecular formula is C21H24N2O2. The van der Waals surface area contributed by atoms with Crippen molar-refractivity contribution >= 4 is 10.8 Å². The van der Waals surface area contributed by atoms with Crippen molar-refractivity contribution in [3.63, 3.8) is 0 Å². The Bertz CT molecular complexity index is 787. The Balaban J connectivity index is 1.57. The van der Waals surface area contributed by atoms with Crippen molar-refractivity contribution in [3.05, 3.63) is 72.6 Å². The van der Waals surface area contributed by atoms with E-state index in [1.807, 2.05) is 48.5 Å². The number of ether oxygens (including phenoxy) is 1. The summed E-state index contributed by atoms with van der Waals surface area (Å²) in [6, 6.07) is 20.0. The Kier molecular flexibility index (Phi) is 5.99. The Morgan fingerprint density at radius 2 is 1.84 bits per heavy atom. The number of aliphatic hydroxyl groups is 1. The van der Waals surface area contributed by atoms with Crippen LogP contribution in [-0.4, -0.2) is 40.8 Å². The summed E-state index contributed by atoms with van der Waals surface area (Å²) in [4.78, 5) is 6.51. The summed E-state index contributed by atoms with van der Waals surface area (Å²) < 4.78 is 5.88. The molecule has 1 atom stereocenters. The normalized spacial score (nSPS) is 12.4. The first kappa shape index (κ1) is 17.4. The number of fused-ring (bicyclic) bond motifs is 1. The van der Waals surface area contributed by atoms with Crippen LogP contribution in [0.3, 0.4) is 0 Å². The minimum absolute atomic E-state index is 0.271. The molecule has 0 amide bonds. The SMILES string of the molecule is CCN(Cc1ccccn1)CC(O)COc1cccc2ccccc12. The standard InChI is InChI=1S/C21H24N2O2/c1-2-23(14-18-10-5-6-13-22-18)15-19(24)16-25-21-12-7-9-17-8-3-4-11-20(17)21/h3-13,19,24H,2,14-16H2,1H3. The van der Waals surface area contributed by atoms with E-state index in [0.29, 0.717) is 6.54 Å². The lowest BCUT2D eigenvalue weighted by atomic mass is 10.1. The third kappa shape index (κ3) is 4.78. The molecule has 3 rings (SSSR count). The molecule has 1 aromatic heterocycles. The van der Waals surface area contributed by atoms with Crippen molar-refractivity contribution in [2.75, 3.05) is 19.7 Å². The zero-order valence-electron chi connectivity index (χ0n) is 14.5. The molecule has 4 nitrogen and oxygen atoms in total. The van der Waals surface area contributed by atoms with Crippen LogP contribution in [0.15, 0.2) is 66.9 Å². The lowest BCUT2D eigenvalue weighted by Gasteiger charge is -2.23. The predicted octanol–water partition coefficient (Wildman–Crippen LogP) is 3.50. The zero-order valence-corrected chi connectivity index (χ0v) is 14.5. The molecule has 0 bridgehead atoms. The van der Waals surface area contributed by atoms with Gasteiger partial charge >= 0.3 is 0 Å². The van der Waals surface area contributed by atoms with Gasteiger partial charge in [-0.2, -0.15) is 0 Å². The molecule has 0 aliphatic rings. The van der Waals surface area contributed by atoms with Crippen molar-refractivity contribution in [3.8, 4) is 5.75 Å². The number of rotatable bonds is 8. The number of pyridine rings is 1. The molecule has 4 heteroatoms. The maximum Gasteiger partial charge on any atom is 0.127 e. The Hall–Kier alpha value is -2.43. The fourth-order valence-electron chi connectivity index (χ4n) is 2.88. The molecule has 0 saturated carbocycles. The zero-order chi connectivity index (χ0) is 17.5. The number of hydrogen-bond donors (Lipinski definition) is 1. The van der Waals surface area contributed by atoms with Gasteiger partial charge in [0.25, 0.3) is 0 Å². The molecule has 2 aromatic carbocycles. The number of aromatic nitrogens is 1. The highest BCUT2D eigenvalue weighted by Crippen LogP contribution is 2.25. The Morgan fingerprint density at radius 3 is 2.64 bits per heavy atom. The molecule has 0 aliphatic carbocycles. The van der Waals surface area contributed by atoms with Gasteiger partial charge in [0.2, 0.25) is 0 Å². The van der Waals surface area contributed by atoms with E-state index in [1.165, 1.54) is 0 Å². The number of benzene rings is 2. The van der Waals surface area contributed by atoms with Gasteiger partial charge in [0.15, 0.2) is 0 Å². The Labute approximate surface area is 148 Å². The molecule has 130 valence electrons. The van der Waals surface area contributed by atoms with E-state index in [0.717, 1.165) is 35.3 Å². The van der Waals surface area contributed by atoms with Crippen molar-refractivity contribution < 1.29 is 9.84 Å². The van der Waals surface area contributed by atoms with E-state index in [-0.39, 0.29) is 6.61 Å². The molecule has 3 aromatic rings. The highest BCUT2D eigenvalue weighted by molar-refractivity contribution is 5.88. The van der Waals surface area contributed by atoms with Gasteiger partial charge in [0.05, 0.1) is 5.69 Å². The minimum Gasteiger partial charge on any atom is -0.490 e. The van der Waals surface area contributed by atoms with Crippen LogP contribution >= 0.6 is 0 Å². The first-order chi connectivity index (χ1) is 12.3. The number of nitrogens with zero attached hydrogens (tertiary/aromatic N) is 2. The average molecular weight is 336 g/mol. The van der Waals surface area contributed by atoms with E-state index in [1.54, 1.807) is 6.20 Å². The lowest BCUT2D eigenvalue weighted by molar-refractivity contribution is 0.0676. The largest absolute Gasteiger partial charge is 0.490 e. The van der Waals surface area contributed by atoms with E-state index < -0.39 is 6.10 Å². The quantitative estimate of drug-likeness (QED) is 0.684. The molecule has 0 radical (unpaired) electrons. The molecule has 25 heavy (non-hydrogen) atoms. The second-order valence-corrected chi connectivity index (χ2v) is 6.09. The van der Waals surface area contributed by atoms with E-state index in [9.17, 15) is 5.11 Å². The molecule has 1 N–H and O–H groups in total. The van der Waals surface area contributed by atoms with Crippen LogP contribution in [0.4, 0.5) is 0 Å². The second-order valence-electron chi connectivity index (χ2n) is 6.09. The van der Waals surface area contributed by atoms with E-state index in [4.69, 9.17) is 4.74 Å². The van der Waals surface area contributed by atoms with Gasteiger partial charge < -0.3 is 9.84 Å². The van der Waals surface area contributed by atoms with Crippen LogP contribution in [-0.2, 0) is 6.54 Å². The van der Waals surface area contributed by atoms with Crippen molar-refractivity contribution in [1.82, 2.24) is 9.88 Å². The predicted molar refractivity (Wildman–Crippen MR) is 101 cm³/mol. The summed E-state index contributed by atoms with van der Waals surface area (Å²) in [7, 11) is 0. The summed E-state index contributed by atoms with van der Waals surface area (Å²) in [6.45, 7) is 4.48. The maximum atomic E-state index is 10.4. The van der Waals surface area contributed by atoms with Crippen LogP contribution in [0.1, 0.15) is 12.6 Å².